The highest BCUT2D eigenvalue weighted by molar-refractivity contribution is 5.95. The zero-order valence-corrected chi connectivity index (χ0v) is 9.30. The molecule has 0 bridgehead atoms. The van der Waals surface area contributed by atoms with Crippen LogP contribution in [0.5, 0.6) is 5.75 Å². The first kappa shape index (κ1) is 13.0. The summed E-state index contributed by atoms with van der Waals surface area (Å²) < 4.78 is 0. The number of rotatable bonds is 4. The zero-order chi connectivity index (χ0) is 13.0. The third kappa shape index (κ3) is 3.76. The molecule has 0 saturated heterocycles. The highest BCUT2D eigenvalue weighted by atomic mass is 16.4. The van der Waals surface area contributed by atoms with Gasteiger partial charge < -0.3 is 21.3 Å². The van der Waals surface area contributed by atoms with E-state index in [2.05, 4.69) is 5.32 Å². The molecule has 0 spiro atoms. The van der Waals surface area contributed by atoms with E-state index in [0.29, 0.717) is 0 Å². The molecule has 17 heavy (non-hydrogen) atoms. The minimum atomic E-state index is -1.13. The summed E-state index contributed by atoms with van der Waals surface area (Å²) in [5.41, 5.74) is 5.50. The van der Waals surface area contributed by atoms with Gasteiger partial charge in [0.25, 0.3) is 0 Å². The lowest BCUT2D eigenvalue weighted by atomic mass is 10.1. The quantitative estimate of drug-likeness (QED) is 0.578. The molecule has 0 aliphatic rings. The highest BCUT2D eigenvalue weighted by Crippen LogP contribution is 2.24. The number of phenolic OH excluding ortho intramolecular Hbond substituents is 1. The Morgan fingerprint density at radius 1 is 1.47 bits per heavy atom. The molecule has 1 amide bonds. The Balaban J connectivity index is 2.86. The monoisotopic (exact) mass is 238 g/mol. The third-order valence-corrected chi connectivity index (χ3v) is 2.02. The number of carbonyl (C=O) groups is 2. The molecule has 5 N–H and O–H groups in total. The molecule has 1 atom stereocenters. The maximum atomic E-state index is 11.4. The Bertz CT molecular complexity index is 443. The SMILES string of the molecule is CC(N)CC(=O)Nc1cc(C(=O)O)ccc1O. The number of hydrogen-bond donors (Lipinski definition) is 4. The van der Waals surface area contributed by atoms with Gasteiger partial charge in [0.2, 0.25) is 5.91 Å². The number of aromatic carboxylic acids is 1. The van der Waals surface area contributed by atoms with Crippen LogP contribution in [0.3, 0.4) is 0 Å². The molecule has 1 aromatic carbocycles. The summed E-state index contributed by atoms with van der Waals surface area (Å²) in [5.74, 6) is -1.70. The second-order valence-electron chi connectivity index (χ2n) is 3.77. The van der Waals surface area contributed by atoms with Crippen molar-refractivity contribution in [1.82, 2.24) is 0 Å². The van der Waals surface area contributed by atoms with Gasteiger partial charge in [-0.3, -0.25) is 4.79 Å². The van der Waals surface area contributed by atoms with Gasteiger partial charge in [0, 0.05) is 12.5 Å². The molecule has 1 rings (SSSR count). The first-order chi connectivity index (χ1) is 7.90. The van der Waals surface area contributed by atoms with E-state index in [9.17, 15) is 14.7 Å². The number of nitrogens with two attached hydrogens (primary N) is 1. The van der Waals surface area contributed by atoms with Gasteiger partial charge in [-0.15, -0.1) is 0 Å². The Hall–Kier alpha value is -2.08. The van der Waals surface area contributed by atoms with E-state index < -0.39 is 5.97 Å². The summed E-state index contributed by atoms with van der Waals surface area (Å²) in [7, 11) is 0. The van der Waals surface area contributed by atoms with Crippen LogP contribution in [0.1, 0.15) is 23.7 Å². The Labute approximate surface area is 98.1 Å². The number of anilines is 1. The van der Waals surface area contributed by atoms with Crippen molar-refractivity contribution < 1.29 is 19.8 Å². The molecule has 1 unspecified atom stereocenters. The third-order valence-electron chi connectivity index (χ3n) is 2.02. The fraction of sp³-hybridized carbons (Fsp3) is 0.273. The van der Waals surface area contributed by atoms with E-state index in [4.69, 9.17) is 10.8 Å². The second kappa shape index (κ2) is 5.31. The lowest BCUT2D eigenvalue weighted by Crippen LogP contribution is -2.24. The Morgan fingerprint density at radius 3 is 2.65 bits per heavy atom. The van der Waals surface area contributed by atoms with Crippen molar-refractivity contribution in [3.63, 3.8) is 0 Å². The molecule has 6 nitrogen and oxygen atoms in total. The van der Waals surface area contributed by atoms with Crippen LogP contribution in [0.15, 0.2) is 18.2 Å². The lowest BCUT2D eigenvalue weighted by Gasteiger charge is -2.09. The number of phenols is 1. The number of carboxylic acid groups (broad SMARTS) is 1. The fourth-order valence-electron chi connectivity index (χ4n) is 1.26. The minimum Gasteiger partial charge on any atom is -0.506 e. The molecule has 6 heteroatoms. The van der Waals surface area contributed by atoms with Crippen LogP contribution < -0.4 is 11.1 Å². The van der Waals surface area contributed by atoms with Crippen LogP contribution >= 0.6 is 0 Å². The number of hydrogen-bond acceptors (Lipinski definition) is 4. The maximum absolute atomic E-state index is 11.4. The molecule has 1 aromatic rings. The predicted molar refractivity (Wildman–Crippen MR) is 62.0 cm³/mol. The van der Waals surface area contributed by atoms with E-state index >= 15 is 0 Å². The second-order valence-corrected chi connectivity index (χ2v) is 3.77. The summed E-state index contributed by atoms with van der Waals surface area (Å²) >= 11 is 0. The highest BCUT2D eigenvalue weighted by Gasteiger charge is 2.11. The van der Waals surface area contributed by atoms with Crippen molar-refractivity contribution in [2.45, 2.75) is 19.4 Å². The van der Waals surface area contributed by atoms with Crippen LogP contribution in [0, 0.1) is 0 Å². The van der Waals surface area contributed by atoms with Crippen molar-refractivity contribution in [1.29, 1.82) is 0 Å². The molecular formula is C11H14N2O4. The number of aromatic hydroxyl groups is 1. The van der Waals surface area contributed by atoms with Crippen molar-refractivity contribution in [2.75, 3.05) is 5.32 Å². The maximum Gasteiger partial charge on any atom is 0.335 e. The topological polar surface area (TPSA) is 113 Å². The predicted octanol–water partition coefficient (Wildman–Crippen LogP) is 0.766. The summed E-state index contributed by atoms with van der Waals surface area (Å²) in [6.45, 7) is 1.67. The lowest BCUT2D eigenvalue weighted by molar-refractivity contribution is -0.116. The fourth-order valence-corrected chi connectivity index (χ4v) is 1.26. The van der Waals surface area contributed by atoms with Gasteiger partial charge in [0.15, 0.2) is 0 Å². The summed E-state index contributed by atoms with van der Waals surface area (Å²) in [6, 6.07) is 3.35. The van der Waals surface area contributed by atoms with Gasteiger partial charge in [-0.1, -0.05) is 0 Å². The van der Waals surface area contributed by atoms with E-state index in [1.54, 1.807) is 6.92 Å². The summed E-state index contributed by atoms with van der Waals surface area (Å²) in [5, 5.41) is 20.6. The van der Waals surface area contributed by atoms with Crippen LogP contribution in [0.2, 0.25) is 0 Å². The van der Waals surface area contributed by atoms with Gasteiger partial charge >= 0.3 is 5.97 Å². The van der Waals surface area contributed by atoms with Crippen LogP contribution in [-0.4, -0.2) is 28.1 Å². The van der Waals surface area contributed by atoms with E-state index in [1.807, 2.05) is 0 Å². The minimum absolute atomic E-state index is 0.0149. The van der Waals surface area contributed by atoms with E-state index in [-0.39, 0.29) is 35.4 Å². The van der Waals surface area contributed by atoms with Gasteiger partial charge in [-0.25, -0.2) is 4.79 Å². The van der Waals surface area contributed by atoms with Gasteiger partial charge in [-0.2, -0.15) is 0 Å². The van der Waals surface area contributed by atoms with Crippen molar-refractivity contribution >= 4 is 17.6 Å². The molecule has 0 aromatic heterocycles. The molecule has 92 valence electrons. The number of carboxylic acids is 1. The summed E-state index contributed by atoms with van der Waals surface area (Å²) in [6.07, 6.45) is 0.0940. The number of carbonyl (C=O) groups excluding carboxylic acids is 1. The molecule has 0 aliphatic heterocycles. The zero-order valence-electron chi connectivity index (χ0n) is 9.30. The number of amides is 1. The van der Waals surface area contributed by atoms with Gasteiger partial charge in [-0.05, 0) is 25.1 Å². The normalized spacial score (nSPS) is 11.9. The van der Waals surface area contributed by atoms with E-state index in [0.717, 1.165) is 0 Å². The summed E-state index contributed by atoms with van der Waals surface area (Å²) in [4.78, 5) is 22.1. The van der Waals surface area contributed by atoms with Crippen molar-refractivity contribution in [3.05, 3.63) is 23.8 Å². The van der Waals surface area contributed by atoms with E-state index in [1.165, 1.54) is 18.2 Å². The first-order valence-electron chi connectivity index (χ1n) is 5.02. The van der Waals surface area contributed by atoms with Crippen LogP contribution in [-0.2, 0) is 4.79 Å². The van der Waals surface area contributed by atoms with Gasteiger partial charge in [0.05, 0.1) is 11.3 Å². The number of nitrogens with one attached hydrogen (secondary N) is 1. The van der Waals surface area contributed by atoms with Crippen LogP contribution in [0.4, 0.5) is 5.69 Å². The van der Waals surface area contributed by atoms with Crippen molar-refractivity contribution in [3.8, 4) is 5.75 Å². The average molecular weight is 238 g/mol. The molecule has 0 aliphatic carbocycles. The smallest absolute Gasteiger partial charge is 0.335 e. The largest absolute Gasteiger partial charge is 0.506 e. The molecular weight excluding hydrogens is 224 g/mol. The van der Waals surface area contributed by atoms with Crippen LogP contribution in [0.25, 0.3) is 0 Å². The standard InChI is InChI=1S/C11H14N2O4/c1-6(12)4-10(15)13-8-5-7(11(16)17)2-3-9(8)14/h2-3,5-6,14H,4,12H2,1H3,(H,13,15)(H,16,17). The number of benzene rings is 1. The van der Waals surface area contributed by atoms with Crippen molar-refractivity contribution in [2.24, 2.45) is 5.73 Å². The molecule has 0 fully saturated rings. The molecule has 0 heterocycles. The first-order valence-corrected chi connectivity index (χ1v) is 5.02. The van der Waals surface area contributed by atoms with Gasteiger partial charge in [0.1, 0.15) is 5.75 Å². The Morgan fingerprint density at radius 2 is 2.12 bits per heavy atom. The molecule has 0 radical (unpaired) electrons. The molecule has 0 saturated carbocycles. The average Bonchev–Trinajstić information content (AvgIpc) is 2.19. The Kier molecular flexibility index (Phi) is 4.06.